The van der Waals surface area contributed by atoms with Crippen LogP contribution >= 0.6 is 11.6 Å². The van der Waals surface area contributed by atoms with Crippen molar-refractivity contribution in [3.05, 3.63) is 11.5 Å². The van der Waals surface area contributed by atoms with Crippen LogP contribution in [0.15, 0.2) is 6.33 Å². The standard InChI is InChI=1S/C13H20ClF2N5/c1-3-9-6-21(5-4-20(9)7-10(15)16)13-11(17-2)12(14)18-8-19-13/h8-10,17H,3-7H2,1-2H3. The highest BCUT2D eigenvalue weighted by Gasteiger charge is 2.29. The second-order valence-corrected chi connectivity index (χ2v) is 5.37. The summed E-state index contributed by atoms with van der Waals surface area (Å²) in [6.07, 6.45) is -0.0611. The number of rotatable bonds is 5. The number of nitrogens with one attached hydrogen (secondary N) is 1. The molecule has 1 fully saturated rings. The van der Waals surface area contributed by atoms with Gasteiger partial charge in [-0.3, -0.25) is 4.90 Å². The Bertz CT molecular complexity index is 474. The zero-order valence-electron chi connectivity index (χ0n) is 12.2. The summed E-state index contributed by atoms with van der Waals surface area (Å²) >= 11 is 6.07. The molecular formula is C13H20ClF2N5. The fourth-order valence-electron chi connectivity index (χ4n) is 2.70. The summed E-state index contributed by atoms with van der Waals surface area (Å²) in [6.45, 7) is 3.73. The summed E-state index contributed by atoms with van der Waals surface area (Å²) < 4.78 is 25.2. The van der Waals surface area contributed by atoms with Crippen molar-refractivity contribution in [3.63, 3.8) is 0 Å². The van der Waals surface area contributed by atoms with Crippen molar-refractivity contribution >= 4 is 23.1 Å². The first-order valence-corrected chi connectivity index (χ1v) is 7.40. The first-order valence-electron chi connectivity index (χ1n) is 7.02. The first kappa shape index (κ1) is 16.2. The van der Waals surface area contributed by atoms with Gasteiger partial charge < -0.3 is 10.2 Å². The Morgan fingerprint density at radius 2 is 2.19 bits per heavy atom. The molecule has 1 N–H and O–H groups in total. The summed E-state index contributed by atoms with van der Waals surface area (Å²) in [5.41, 5.74) is 0.677. The highest BCUT2D eigenvalue weighted by Crippen LogP contribution is 2.30. The predicted octanol–water partition coefficient (Wildman–Crippen LogP) is 2.34. The summed E-state index contributed by atoms with van der Waals surface area (Å²) in [7, 11) is 1.76. The van der Waals surface area contributed by atoms with E-state index in [9.17, 15) is 8.78 Å². The molecule has 21 heavy (non-hydrogen) atoms. The Kier molecular flexibility index (Phi) is 5.52. The Morgan fingerprint density at radius 1 is 1.43 bits per heavy atom. The number of piperazine rings is 1. The van der Waals surface area contributed by atoms with Crippen LogP contribution in [-0.2, 0) is 0 Å². The molecule has 0 radical (unpaired) electrons. The predicted molar refractivity (Wildman–Crippen MR) is 80.5 cm³/mol. The van der Waals surface area contributed by atoms with Crippen molar-refractivity contribution in [2.24, 2.45) is 0 Å². The lowest BCUT2D eigenvalue weighted by Crippen LogP contribution is -2.54. The van der Waals surface area contributed by atoms with E-state index in [-0.39, 0.29) is 12.6 Å². The van der Waals surface area contributed by atoms with E-state index in [1.807, 2.05) is 11.8 Å². The first-order chi connectivity index (χ1) is 10.1. The third kappa shape index (κ3) is 3.71. The molecule has 1 aliphatic rings. The van der Waals surface area contributed by atoms with E-state index in [0.717, 1.165) is 12.2 Å². The number of halogens is 3. The Hall–Kier alpha value is -1.21. The molecule has 1 aromatic rings. The number of hydrogen-bond acceptors (Lipinski definition) is 5. The molecule has 0 spiro atoms. The molecule has 0 bridgehead atoms. The maximum atomic E-state index is 12.6. The quantitative estimate of drug-likeness (QED) is 0.844. The number of nitrogens with zero attached hydrogens (tertiary/aromatic N) is 4. The van der Waals surface area contributed by atoms with Crippen LogP contribution in [-0.4, -0.2) is 60.6 Å². The lowest BCUT2D eigenvalue weighted by molar-refractivity contribution is 0.0587. The summed E-state index contributed by atoms with van der Waals surface area (Å²) in [6, 6.07) is 0.0891. The van der Waals surface area contributed by atoms with Gasteiger partial charge >= 0.3 is 0 Å². The molecule has 2 rings (SSSR count). The van der Waals surface area contributed by atoms with Crippen LogP contribution in [0.4, 0.5) is 20.3 Å². The molecule has 1 atom stereocenters. The van der Waals surface area contributed by atoms with Crippen molar-refractivity contribution in [1.29, 1.82) is 0 Å². The minimum absolute atomic E-state index is 0.0891. The van der Waals surface area contributed by atoms with Gasteiger partial charge in [-0.25, -0.2) is 18.7 Å². The third-order valence-corrected chi connectivity index (χ3v) is 4.07. The van der Waals surface area contributed by atoms with E-state index >= 15 is 0 Å². The van der Waals surface area contributed by atoms with E-state index in [1.165, 1.54) is 6.33 Å². The van der Waals surface area contributed by atoms with Crippen molar-refractivity contribution in [1.82, 2.24) is 14.9 Å². The second-order valence-electron chi connectivity index (χ2n) is 5.01. The molecule has 1 aliphatic heterocycles. The Morgan fingerprint density at radius 3 is 2.81 bits per heavy atom. The van der Waals surface area contributed by atoms with Gasteiger partial charge in [-0.1, -0.05) is 18.5 Å². The van der Waals surface area contributed by atoms with Crippen LogP contribution in [0.25, 0.3) is 0 Å². The lowest BCUT2D eigenvalue weighted by Gasteiger charge is -2.41. The van der Waals surface area contributed by atoms with Gasteiger partial charge in [0.15, 0.2) is 11.0 Å². The average Bonchev–Trinajstić information content (AvgIpc) is 2.47. The maximum Gasteiger partial charge on any atom is 0.251 e. The largest absolute Gasteiger partial charge is 0.383 e. The van der Waals surface area contributed by atoms with E-state index in [4.69, 9.17) is 11.6 Å². The number of alkyl halides is 2. The van der Waals surface area contributed by atoms with Gasteiger partial charge in [-0.15, -0.1) is 0 Å². The normalized spacial score (nSPS) is 20.1. The Labute approximate surface area is 128 Å². The van der Waals surface area contributed by atoms with Gasteiger partial charge in [0.25, 0.3) is 6.43 Å². The number of anilines is 2. The van der Waals surface area contributed by atoms with Gasteiger partial charge in [0.1, 0.15) is 12.0 Å². The van der Waals surface area contributed by atoms with Gasteiger partial charge in [-0.2, -0.15) is 0 Å². The molecule has 118 valence electrons. The van der Waals surface area contributed by atoms with E-state index in [1.54, 1.807) is 7.05 Å². The Balaban J connectivity index is 2.15. The van der Waals surface area contributed by atoms with E-state index in [0.29, 0.717) is 30.5 Å². The molecule has 0 aromatic carbocycles. The molecule has 0 saturated carbocycles. The van der Waals surface area contributed by atoms with Crippen LogP contribution in [0, 0.1) is 0 Å². The van der Waals surface area contributed by atoms with Crippen molar-refractivity contribution in [2.45, 2.75) is 25.8 Å². The highest BCUT2D eigenvalue weighted by atomic mass is 35.5. The molecule has 0 amide bonds. The van der Waals surface area contributed by atoms with E-state index in [2.05, 4.69) is 20.2 Å². The number of hydrogen-bond donors (Lipinski definition) is 1. The van der Waals surface area contributed by atoms with Crippen LogP contribution < -0.4 is 10.2 Å². The maximum absolute atomic E-state index is 12.6. The SMILES string of the molecule is CCC1CN(c2ncnc(Cl)c2NC)CCN1CC(F)F. The molecule has 0 aliphatic carbocycles. The average molecular weight is 320 g/mol. The zero-order chi connectivity index (χ0) is 15.4. The fourth-order valence-corrected chi connectivity index (χ4v) is 2.92. The van der Waals surface area contributed by atoms with Crippen LogP contribution in [0.1, 0.15) is 13.3 Å². The summed E-state index contributed by atoms with van der Waals surface area (Å²) in [5.74, 6) is 0.729. The lowest BCUT2D eigenvalue weighted by atomic mass is 10.1. The van der Waals surface area contributed by atoms with Crippen molar-refractivity contribution in [2.75, 3.05) is 43.4 Å². The van der Waals surface area contributed by atoms with Crippen molar-refractivity contribution in [3.8, 4) is 0 Å². The summed E-state index contributed by atoms with van der Waals surface area (Å²) in [5, 5.41) is 3.37. The molecule has 5 nitrogen and oxygen atoms in total. The van der Waals surface area contributed by atoms with Gasteiger partial charge in [0.05, 0.1) is 6.54 Å². The minimum Gasteiger partial charge on any atom is -0.383 e. The van der Waals surface area contributed by atoms with Gasteiger partial charge in [0.2, 0.25) is 0 Å². The topological polar surface area (TPSA) is 44.3 Å². The minimum atomic E-state index is -2.30. The van der Waals surface area contributed by atoms with Crippen LogP contribution in [0.2, 0.25) is 5.15 Å². The fraction of sp³-hybridized carbons (Fsp3) is 0.692. The molecule has 1 saturated heterocycles. The molecule has 1 unspecified atom stereocenters. The smallest absolute Gasteiger partial charge is 0.251 e. The summed E-state index contributed by atoms with van der Waals surface area (Å²) in [4.78, 5) is 12.2. The van der Waals surface area contributed by atoms with Gasteiger partial charge in [0, 0.05) is 32.7 Å². The third-order valence-electron chi connectivity index (χ3n) is 3.78. The molecule has 8 heteroatoms. The second kappa shape index (κ2) is 7.17. The zero-order valence-corrected chi connectivity index (χ0v) is 12.9. The van der Waals surface area contributed by atoms with Gasteiger partial charge in [-0.05, 0) is 6.42 Å². The monoisotopic (exact) mass is 319 g/mol. The number of aromatic nitrogens is 2. The molecule has 2 heterocycles. The molecule has 1 aromatic heterocycles. The molecular weight excluding hydrogens is 300 g/mol. The highest BCUT2D eigenvalue weighted by molar-refractivity contribution is 6.32. The van der Waals surface area contributed by atoms with Crippen molar-refractivity contribution < 1.29 is 8.78 Å². The van der Waals surface area contributed by atoms with E-state index < -0.39 is 6.43 Å². The van der Waals surface area contributed by atoms with Crippen LogP contribution in [0.3, 0.4) is 0 Å². The van der Waals surface area contributed by atoms with Crippen LogP contribution in [0.5, 0.6) is 0 Å².